The molecule has 19 heavy (non-hydrogen) atoms. The van der Waals surface area contributed by atoms with E-state index in [0.717, 1.165) is 6.21 Å². The molecule has 1 amide bonds. The van der Waals surface area contributed by atoms with Gasteiger partial charge in [-0.3, -0.25) is 4.79 Å². The normalized spacial score (nSPS) is 10.9. The SMILES string of the molecule is Cc1ccc(C(=O)N/N=C/c2c(F)cccc2Cl)o1. The van der Waals surface area contributed by atoms with Crippen molar-refractivity contribution < 1.29 is 13.6 Å². The van der Waals surface area contributed by atoms with Crippen LogP contribution in [0.4, 0.5) is 4.39 Å². The Hall–Kier alpha value is -2.14. The average Bonchev–Trinajstić information content (AvgIpc) is 2.79. The first-order chi connectivity index (χ1) is 9.08. The fourth-order valence-corrected chi connectivity index (χ4v) is 1.61. The number of amides is 1. The van der Waals surface area contributed by atoms with Crippen molar-refractivity contribution in [3.05, 3.63) is 58.3 Å². The third-order valence-corrected chi connectivity index (χ3v) is 2.65. The summed E-state index contributed by atoms with van der Waals surface area (Å²) >= 11 is 5.80. The van der Waals surface area contributed by atoms with Crippen LogP contribution in [0.3, 0.4) is 0 Å². The molecule has 1 aromatic carbocycles. The Labute approximate surface area is 113 Å². The second kappa shape index (κ2) is 5.67. The number of hydrogen-bond acceptors (Lipinski definition) is 3. The van der Waals surface area contributed by atoms with Gasteiger partial charge in [0.15, 0.2) is 5.76 Å². The number of nitrogens with zero attached hydrogens (tertiary/aromatic N) is 1. The predicted octanol–water partition coefficient (Wildman–Crippen LogP) is 3.14. The van der Waals surface area contributed by atoms with Crippen molar-refractivity contribution in [2.45, 2.75) is 6.92 Å². The third kappa shape index (κ3) is 3.20. The van der Waals surface area contributed by atoms with Gasteiger partial charge in [-0.1, -0.05) is 17.7 Å². The lowest BCUT2D eigenvalue weighted by atomic mass is 10.2. The molecule has 4 nitrogen and oxygen atoms in total. The summed E-state index contributed by atoms with van der Waals surface area (Å²) in [5.41, 5.74) is 2.34. The van der Waals surface area contributed by atoms with Gasteiger partial charge in [-0.15, -0.1) is 0 Å². The van der Waals surface area contributed by atoms with Crippen molar-refractivity contribution in [3.8, 4) is 0 Å². The van der Waals surface area contributed by atoms with E-state index in [1.807, 2.05) is 0 Å². The van der Waals surface area contributed by atoms with Gasteiger partial charge in [0.2, 0.25) is 0 Å². The Morgan fingerprint density at radius 1 is 1.42 bits per heavy atom. The van der Waals surface area contributed by atoms with Gasteiger partial charge >= 0.3 is 5.91 Å². The number of benzene rings is 1. The summed E-state index contributed by atoms with van der Waals surface area (Å²) in [6, 6.07) is 7.45. The lowest BCUT2D eigenvalue weighted by Gasteiger charge is -1.99. The van der Waals surface area contributed by atoms with Crippen molar-refractivity contribution in [1.29, 1.82) is 0 Å². The number of hydrogen-bond donors (Lipinski definition) is 1. The first kappa shape index (κ1) is 13.3. The topological polar surface area (TPSA) is 54.6 Å². The van der Waals surface area contributed by atoms with Gasteiger partial charge in [0.1, 0.15) is 11.6 Å². The summed E-state index contributed by atoms with van der Waals surface area (Å²) in [7, 11) is 0. The highest BCUT2D eigenvalue weighted by Gasteiger charge is 2.09. The van der Waals surface area contributed by atoms with Crippen molar-refractivity contribution >= 4 is 23.7 Å². The minimum Gasteiger partial charge on any atom is -0.456 e. The molecule has 0 aliphatic heterocycles. The molecule has 0 bridgehead atoms. The van der Waals surface area contributed by atoms with E-state index in [1.165, 1.54) is 24.3 Å². The standard InChI is InChI=1S/C13H10ClFN2O2/c1-8-5-6-12(19-8)13(18)17-16-7-9-10(14)3-2-4-11(9)15/h2-7H,1H3,(H,17,18)/b16-7+. The van der Waals surface area contributed by atoms with Crippen LogP contribution in [0.5, 0.6) is 0 Å². The molecule has 2 rings (SSSR count). The quantitative estimate of drug-likeness (QED) is 0.694. The summed E-state index contributed by atoms with van der Waals surface area (Å²) in [6.45, 7) is 1.72. The van der Waals surface area contributed by atoms with E-state index >= 15 is 0 Å². The Bertz CT molecular complexity index is 617. The van der Waals surface area contributed by atoms with Crippen LogP contribution in [0.15, 0.2) is 39.9 Å². The molecule has 0 saturated carbocycles. The molecular formula is C13H10ClFN2O2. The highest BCUT2D eigenvalue weighted by molar-refractivity contribution is 6.33. The maximum Gasteiger partial charge on any atom is 0.307 e. The lowest BCUT2D eigenvalue weighted by molar-refractivity contribution is 0.0926. The Morgan fingerprint density at radius 2 is 2.21 bits per heavy atom. The molecule has 0 saturated heterocycles. The van der Waals surface area contributed by atoms with Crippen LogP contribution in [-0.4, -0.2) is 12.1 Å². The number of carbonyl (C=O) groups excluding carboxylic acids is 1. The van der Waals surface area contributed by atoms with Gasteiger partial charge in [0.25, 0.3) is 0 Å². The first-order valence-corrected chi connectivity index (χ1v) is 5.79. The Morgan fingerprint density at radius 3 is 2.84 bits per heavy atom. The minimum absolute atomic E-state index is 0.111. The zero-order valence-corrected chi connectivity index (χ0v) is 10.7. The van der Waals surface area contributed by atoms with E-state index in [9.17, 15) is 9.18 Å². The molecular weight excluding hydrogens is 271 g/mol. The van der Waals surface area contributed by atoms with Crippen molar-refractivity contribution in [2.75, 3.05) is 0 Å². The molecule has 2 aromatic rings. The Balaban J connectivity index is 2.06. The molecule has 0 unspecified atom stereocenters. The van der Waals surface area contributed by atoms with Gasteiger partial charge in [0.05, 0.1) is 11.2 Å². The zero-order valence-electron chi connectivity index (χ0n) is 9.98. The van der Waals surface area contributed by atoms with E-state index in [0.29, 0.717) is 5.76 Å². The second-order valence-corrected chi connectivity index (χ2v) is 4.15. The van der Waals surface area contributed by atoms with Gasteiger partial charge in [-0.25, -0.2) is 9.82 Å². The smallest absolute Gasteiger partial charge is 0.307 e. The van der Waals surface area contributed by atoms with E-state index in [-0.39, 0.29) is 16.3 Å². The van der Waals surface area contributed by atoms with Crippen LogP contribution < -0.4 is 5.43 Å². The van der Waals surface area contributed by atoms with Crippen molar-refractivity contribution in [1.82, 2.24) is 5.43 Å². The van der Waals surface area contributed by atoms with Crippen molar-refractivity contribution in [2.24, 2.45) is 5.10 Å². The maximum absolute atomic E-state index is 13.4. The summed E-state index contributed by atoms with van der Waals surface area (Å²) in [5.74, 6) is -0.281. The number of aryl methyl sites for hydroxylation is 1. The average molecular weight is 281 g/mol. The molecule has 0 aliphatic carbocycles. The summed E-state index contributed by atoms with van der Waals surface area (Å²) < 4.78 is 18.5. The summed E-state index contributed by atoms with van der Waals surface area (Å²) in [5, 5.41) is 3.85. The van der Waals surface area contributed by atoms with Gasteiger partial charge in [-0.2, -0.15) is 5.10 Å². The highest BCUT2D eigenvalue weighted by atomic mass is 35.5. The third-order valence-electron chi connectivity index (χ3n) is 2.32. The highest BCUT2D eigenvalue weighted by Crippen LogP contribution is 2.16. The predicted molar refractivity (Wildman–Crippen MR) is 69.9 cm³/mol. The van der Waals surface area contributed by atoms with Crippen LogP contribution in [0.2, 0.25) is 5.02 Å². The van der Waals surface area contributed by atoms with Crippen LogP contribution in [0.25, 0.3) is 0 Å². The number of halogens is 2. The lowest BCUT2D eigenvalue weighted by Crippen LogP contribution is -2.16. The van der Waals surface area contributed by atoms with Gasteiger partial charge in [-0.05, 0) is 31.2 Å². The summed E-state index contributed by atoms with van der Waals surface area (Å²) in [4.78, 5) is 11.6. The molecule has 0 aliphatic rings. The number of nitrogens with one attached hydrogen (secondary N) is 1. The van der Waals surface area contributed by atoms with Gasteiger partial charge in [0, 0.05) is 5.56 Å². The van der Waals surface area contributed by atoms with Crippen LogP contribution in [0, 0.1) is 12.7 Å². The molecule has 1 N–H and O–H groups in total. The molecule has 0 radical (unpaired) electrons. The molecule has 6 heteroatoms. The van der Waals surface area contributed by atoms with Crippen LogP contribution in [-0.2, 0) is 0 Å². The second-order valence-electron chi connectivity index (χ2n) is 3.74. The molecule has 1 aromatic heterocycles. The van der Waals surface area contributed by atoms with Gasteiger partial charge < -0.3 is 4.42 Å². The molecule has 98 valence electrons. The number of hydrazone groups is 1. The molecule has 1 heterocycles. The van der Waals surface area contributed by atoms with E-state index in [4.69, 9.17) is 16.0 Å². The Kier molecular flexibility index (Phi) is 3.97. The number of furan rings is 1. The maximum atomic E-state index is 13.4. The summed E-state index contributed by atoms with van der Waals surface area (Å²) in [6.07, 6.45) is 1.14. The number of rotatable bonds is 3. The van der Waals surface area contributed by atoms with Crippen molar-refractivity contribution in [3.63, 3.8) is 0 Å². The fraction of sp³-hybridized carbons (Fsp3) is 0.0769. The monoisotopic (exact) mass is 280 g/mol. The van der Waals surface area contributed by atoms with Crippen LogP contribution >= 0.6 is 11.6 Å². The first-order valence-electron chi connectivity index (χ1n) is 5.42. The molecule has 0 spiro atoms. The van der Waals surface area contributed by atoms with Crippen LogP contribution in [0.1, 0.15) is 21.9 Å². The molecule has 0 atom stereocenters. The van der Waals surface area contributed by atoms with E-state index < -0.39 is 11.7 Å². The molecule has 0 fully saturated rings. The fourth-order valence-electron chi connectivity index (χ4n) is 1.40. The largest absolute Gasteiger partial charge is 0.456 e. The van der Waals surface area contributed by atoms with E-state index in [1.54, 1.807) is 13.0 Å². The van der Waals surface area contributed by atoms with E-state index in [2.05, 4.69) is 10.5 Å². The number of carbonyl (C=O) groups is 1. The minimum atomic E-state index is -0.517. The zero-order chi connectivity index (χ0) is 13.8.